The van der Waals surface area contributed by atoms with Gasteiger partial charge in [-0.1, -0.05) is 12.1 Å². The molecule has 0 bridgehead atoms. The summed E-state index contributed by atoms with van der Waals surface area (Å²) in [6, 6.07) is 7.75. The van der Waals surface area contributed by atoms with Crippen LogP contribution in [0.3, 0.4) is 0 Å². The number of amides is 1. The first-order valence-electron chi connectivity index (χ1n) is 7.20. The number of ether oxygens (including phenoxy) is 1. The normalized spacial score (nSPS) is 16.1. The van der Waals surface area contributed by atoms with Gasteiger partial charge in [-0.2, -0.15) is 0 Å². The molecule has 0 atom stereocenters. The summed E-state index contributed by atoms with van der Waals surface area (Å²) in [5, 5.41) is 3.29. The van der Waals surface area contributed by atoms with E-state index < -0.39 is 0 Å². The Bertz CT molecular complexity index is 446. The summed E-state index contributed by atoms with van der Waals surface area (Å²) in [5.41, 5.74) is 1.01. The van der Waals surface area contributed by atoms with Gasteiger partial charge in [-0.05, 0) is 43.7 Å². The van der Waals surface area contributed by atoms with E-state index >= 15 is 0 Å². The average Bonchev–Trinajstić information content (AvgIpc) is 2.76. The molecule has 0 aliphatic carbocycles. The van der Waals surface area contributed by atoms with Crippen LogP contribution in [0.25, 0.3) is 6.08 Å². The molecule has 2 rings (SSSR count). The predicted molar refractivity (Wildman–Crippen MR) is 80.7 cm³/mol. The van der Waals surface area contributed by atoms with Crippen LogP contribution in [0.1, 0.15) is 18.9 Å². The van der Waals surface area contributed by atoms with Crippen molar-refractivity contribution in [3.63, 3.8) is 0 Å². The minimum absolute atomic E-state index is 0.0857. The molecule has 0 aromatic heterocycles. The van der Waals surface area contributed by atoms with Crippen molar-refractivity contribution in [2.75, 3.05) is 32.8 Å². The number of nitrogens with zero attached hydrogens (tertiary/aromatic N) is 1. The highest BCUT2D eigenvalue weighted by atomic mass is 16.5. The average molecular weight is 274 g/mol. The Labute approximate surface area is 120 Å². The summed E-state index contributed by atoms with van der Waals surface area (Å²) < 4.78 is 5.39. The monoisotopic (exact) mass is 274 g/mol. The van der Waals surface area contributed by atoms with Gasteiger partial charge in [0.2, 0.25) is 5.91 Å². The van der Waals surface area contributed by atoms with Gasteiger partial charge in [0, 0.05) is 25.7 Å². The molecule has 1 aromatic carbocycles. The number of nitrogens with one attached hydrogen (secondary N) is 1. The zero-order valence-corrected chi connectivity index (χ0v) is 12.0. The second kappa shape index (κ2) is 7.70. The highest BCUT2D eigenvalue weighted by Gasteiger charge is 2.12. The van der Waals surface area contributed by atoms with E-state index in [1.807, 2.05) is 42.2 Å². The number of hydrogen-bond donors (Lipinski definition) is 1. The molecule has 1 aliphatic rings. The van der Waals surface area contributed by atoms with Crippen molar-refractivity contribution in [1.29, 1.82) is 0 Å². The molecule has 0 radical (unpaired) electrons. The Morgan fingerprint density at radius 2 is 2.10 bits per heavy atom. The topological polar surface area (TPSA) is 41.6 Å². The maximum atomic E-state index is 12.1. The molecule has 108 valence electrons. The molecule has 1 N–H and O–H groups in total. The molecule has 0 saturated carbocycles. The molecule has 4 nitrogen and oxygen atoms in total. The molecule has 1 amide bonds. The van der Waals surface area contributed by atoms with Crippen LogP contribution in [-0.4, -0.2) is 43.6 Å². The molecular formula is C16H22N2O2. The third kappa shape index (κ3) is 4.38. The van der Waals surface area contributed by atoms with Crippen LogP contribution in [0.2, 0.25) is 0 Å². The van der Waals surface area contributed by atoms with Crippen molar-refractivity contribution in [3.05, 3.63) is 35.9 Å². The second-order valence-electron chi connectivity index (χ2n) is 4.76. The molecule has 20 heavy (non-hydrogen) atoms. The van der Waals surface area contributed by atoms with Crippen molar-refractivity contribution in [3.8, 4) is 5.75 Å². The first-order valence-corrected chi connectivity index (χ1v) is 7.20. The minimum Gasteiger partial charge on any atom is -0.494 e. The summed E-state index contributed by atoms with van der Waals surface area (Å²) >= 11 is 0. The van der Waals surface area contributed by atoms with Gasteiger partial charge < -0.3 is 15.0 Å². The number of carbonyl (C=O) groups excluding carboxylic acids is 1. The van der Waals surface area contributed by atoms with E-state index in [0.29, 0.717) is 6.61 Å². The van der Waals surface area contributed by atoms with E-state index in [4.69, 9.17) is 4.74 Å². The maximum Gasteiger partial charge on any atom is 0.246 e. The molecule has 4 heteroatoms. The van der Waals surface area contributed by atoms with Gasteiger partial charge in [0.25, 0.3) is 0 Å². The summed E-state index contributed by atoms with van der Waals surface area (Å²) in [5.74, 6) is 0.942. The lowest BCUT2D eigenvalue weighted by atomic mass is 10.2. The highest BCUT2D eigenvalue weighted by molar-refractivity contribution is 5.91. The van der Waals surface area contributed by atoms with Crippen molar-refractivity contribution in [2.45, 2.75) is 13.3 Å². The summed E-state index contributed by atoms with van der Waals surface area (Å²) in [4.78, 5) is 14.0. The Kier molecular flexibility index (Phi) is 5.62. The molecule has 1 saturated heterocycles. The highest BCUT2D eigenvalue weighted by Crippen LogP contribution is 2.13. The summed E-state index contributed by atoms with van der Waals surface area (Å²) in [7, 11) is 0. The van der Waals surface area contributed by atoms with Crippen LogP contribution in [0.4, 0.5) is 0 Å². The van der Waals surface area contributed by atoms with Crippen molar-refractivity contribution >= 4 is 12.0 Å². The summed E-state index contributed by atoms with van der Waals surface area (Å²) in [6.45, 7) is 6.11. The molecule has 1 heterocycles. The molecule has 1 fully saturated rings. The fraction of sp³-hybridized carbons (Fsp3) is 0.438. The largest absolute Gasteiger partial charge is 0.494 e. The van der Waals surface area contributed by atoms with E-state index in [9.17, 15) is 4.79 Å². The van der Waals surface area contributed by atoms with Crippen LogP contribution >= 0.6 is 0 Å². The van der Waals surface area contributed by atoms with Crippen molar-refractivity contribution in [1.82, 2.24) is 10.2 Å². The maximum absolute atomic E-state index is 12.1. The standard InChI is InChI=1S/C16H22N2O2/c1-2-20-15-7-4-14(5-8-15)6-9-16(19)18-12-3-10-17-11-13-18/h4-9,17H,2-3,10-13H2,1H3/b9-6+. The van der Waals surface area contributed by atoms with E-state index in [1.54, 1.807) is 6.08 Å². The van der Waals surface area contributed by atoms with Crippen LogP contribution in [0.5, 0.6) is 5.75 Å². The number of rotatable bonds is 4. The van der Waals surface area contributed by atoms with E-state index in [1.165, 1.54) is 0 Å². The number of hydrogen-bond acceptors (Lipinski definition) is 3. The van der Waals surface area contributed by atoms with Gasteiger partial charge in [-0.25, -0.2) is 0 Å². The van der Waals surface area contributed by atoms with Crippen molar-refractivity contribution in [2.24, 2.45) is 0 Å². The Hall–Kier alpha value is -1.81. The van der Waals surface area contributed by atoms with Gasteiger partial charge in [0.1, 0.15) is 5.75 Å². The van der Waals surface area contributed by atoms with Crippen molar-refractivity contribution < 1.29 is 9.53 Å². The SMILES string of the molecule is CCOc1ccc(/C=C/C(=O)N2CCCNCC2)cc1. The number of benzene rings is 1. The third-order valence-electron chi connectivity index (χ3n) is 3.26. The van der Waals surface area contributed by atoms with Gasteiger partial charge in [-0.15, -0.1) is 0 Å². The third-order valence-corrected chi connectivity index (χ3v) is 3.26. The number of carbonyl (C=O) groups is 1. The van der Waals surface area contributed by atoms with E-state index in [-0.39, 0.29) is 5.91 Å². The first-order chi connectivity index (χ1) is 9.79. The Morgan fingerprint density at radius 1 is 1.30 bits per heavy atom. The molecule has 0 unspecified atom stereocenters. The Balaban J connectivity index is 1.92. The fourth-order valence-electron chi connectivity index (χ4n) is 2.18. The zero-order valence-electron chi connectivity index (χ0n) is 12.0. The van der Waals surface area contributed by atoms with E-state index in [0.717, 1.165) is 43.9 Å². The first kappa shape index (κ1) is 14.6. The Morgan fingerprint density at radius 3 is 2.85 bits per heavy atom. The molecule has 0 spiro atoms. The van der Waals surface area contributed by atoms with Crippen LogP contribution in [0.15, 0.2) is 30.3 Å². The quantitative estimate of drug-likeness (QED) is 0.853. The summed E-state index contributed by atoms with van der Waals surface area (Å²) in [6.07, 6.45) is 4.53. The molecular weight excluding hydrogens is 252 g/mol. The second-order valence-corrected chi connectivity index (χ2v) is 4.76. The van der Waals surface area contributed by atoms with Crippen LogP contribution in [-0.2, 0) is 4.79 Å². The fourth-order valence-corrected chi connectivity index (χ4v) is 2.18. The van der Waals surface area contributed by atoms with Gasteiger partial charge in [0.15, 0.2) is 0 Å². The lowest BCUT2D eigenvalue weighted by molar-refractivity contribution is -0.125. The molecule has 1 aromatic rings. The van der Waals surface area contributed by atoms with E-state index in [2.05, 4.69) is 5.32 Å². The van der Waals surface area contributed by atoms with Crippen LogP contribution < -0.4 is 10.1 Å². The van der Waals surface area contributed by atoms with Crippen LogP contribution in [0, 0.1) is 0 Å². The zero-order chi connectivity index (χ0) is 14.2. The minimum atomic E-state index is 0.0857. The van der Waals surface area contributed by atoms with Gasteiger partial charge in [-0.3, -0.25) is 4.79 Å². The predicted octanol–water partition coefficient (Wildman–Crippen LogP) is 1.92. The van der Waals surface area contributed by atoms with Gasteiger partial charge >= 0.3 is 0 Å². The smallest absolute Gasteiger partial charge is 0.246 e. The lowest BCUT2D eigenvalue weighted by Crippen LogP contribution is -2.32. The van der Waals surface area contributed by atoms with Gasteiger partial charge in [0.05, 0.1) is 6.61 Å². The molecule has 1 aliphatic heterocycles. The lowest BCUT2D eigenvalue weighted by Gasteiger charge is -2.17.